The van der Waals surface area contributed by atoms with E-state index in [1.54, 1.807) is 27.7 Å². The molecular weight excluding hydrogens is 513 g/mol. The maximum absolute atomic E-state index is 12.5. The van der Waals surface area contributed by atoms with Crippen LogP contribution in [0.3, 0.4) is 0 Å². The lowest BCUT2D eigenvalue weighted by atomic mass is 9.83. The van der Waals surface area contributed by atoms with E-state index in [4.69, 9.17) is 30.3 Å². The van der Waals surface area contributed by atoms with Gasteiger partial charge in [0.05, 0.1) is 51.3 Å². The van der Waals surface area contributed by atoms with Gasteiger partial charge in [-0.1, -0.05) is 6.92 Å². The molecule has 0 fully saturated rings. The van der Waals surface area contributed by atoms with Crippen LogP contribution in [0.1, 0.15) is 60.8 Å². The average molecular weight is 559 g/mol. The van der Waals surface area contributed by atoms with Gasteiger partial charge in [0.15, 0.2) is 0 Å². The van der Waals surface area contributed by atoms with Gasteiger partial charge in [-0.25, -0.2) is 0 Å². The highest BCUT2D eigenvalue weighted by Gasteiger charge is 2.43. The van der Waals surface area contributed by atoms with Gasteiger partial charge in [0, 0.05) is 6.42 Å². The van der Waals surface area contributed by atoms with E-state index in [9.17, 15) is 23.8 Å². The van der Waals surface area contributed by atoms with Gasteiger partial charge in [-0.05, 0) is 47.5 Å². The van der Waals surface area contributed by atoms with Crippen molar-refractivity contribution < 1.29 is 47.1 Å². The lowest BCUT2D eigenvalue weighted by Crippen LogP contribution is -2.40. The first-order valence-electron chi connectivity index (χ1n) is 12.1. The summed E-state index contributed by atoms with van der Waals surface area (Å²) in [4.78, 5) is 45.3. The van der Waals surface area contributed by atoms with Crippen molar-refractivity contribution in [3.05, 3.63) is 0 Å². The molecule has 36 heavy (non-hydrogen) atoms. The monoisotopic (exact) mass is 558 g/mol. The van der Waals surface area contributed by atoms with Gasteiger partial charge in [-0.15, -0.1) is 11.6 Å². The summed E-state index contributed by atoms with van der Waals surface area (Å²) in [6.07, 6.45) is 1.05. The molecule has 0 bridgehead atoms. The van der Waals surface area contributed by atoms with Crippen LogP contribution in [0.2, 0.25) is 0 Å². The number of carbonyl (C=O) groups excluding carboxylic acids is 3. The number of hydrogen-bond acceptors (Lipinski definition) is 8. The van der Waals surface area contributed by atoms with E-state index in [0.29, 0.717) is 23.9 Å². The topological polar surface area (TPSA) is 125 Å². The van der Waals surface area contributed by atoms with Crippen LogP contribution in [-0.4, -0.2) is 92.4 Å². The summed E-state index contributed by atoms with van der Waals surface area (Å²) in [6.45, 7) is 10.0. The highest BCUT2D eigenvalue weighted by molar-refractivity contribution is 7.52. The summed E-state index contributed by atoms with van der Waals surface area (Å²) >= 11 is 6.37. The zero-order valence-corrected chi connectivity index (χ0v) is 25.0. The van der Waals surface area contributed by atoms with Crippen LogP contribution in [0.5, 0.6) is 0 Å². The predicted molar refractivity (Wildman–Crippen MR) is 138 cm³/mol. The molecule has 0 saturated heterocycles. The molecule has 0 aliphatic carbocycles. The minimum absolute atomic E-state index is 0.00948. The Kier molecular flexibility index (Phi) is 13.6. The molecule has 1 N–H and O–H groups in total. The largest absolute Gasteiger partial charge is 0.462 e. The maximum atomic E-state index is 12.5. The molecule has 0 spiro atoms. The molecule has 212 valence electrons. The summed E-state index contributed by atoms with van der Waals surface area (Å²) in [5.41, 5.74) is -1.75. The summed E-state index contributed by atoms with van der Waals surface area (Å²) in [5, 5.41) is 0. The zero-order chi connectivity index (χ0) is 28.4. The number of nitrogens with zero attached hydrogens (tertiary/aromatic N) is 1. The lowest BCUT2D eigenvalue weighted by Gasteiger charge is -2.30. The van der Waals surface area contributed by atoms with E-state index in [1.165, 1.54) is 6.92 Å². The molecule has 0 rings (SSSR count). The Morgan fingerprint density at radius 1 is 0.833 bits per heavy atom. The minimum Gasteiger partial charge on any atom is -0.462 e. The van der Waals surface area contributed by atoms with Crippen LogP contribution in [-0.2, 0) is 37.7 Å². The van der Waals surface area contributed by atoms with E-state index < -0.39 is 35.2 Å². The standard InChI is InChI=1S/C24H45ClNO9P/c1-10-22(2,3)19(27)32-13-14-33-20(28)23(4,5)18-24(6,25)21(29)34-15-16-35-36(30,31)17-11-12-26(7,8)9/h10-18H2,1-9H3/p+1. The Labute approximate surface area is 221 Å². The van der Waals surface area contributed by atoms with Gasteiger partial charge in [-0.3, -0.25) is 18.9 Å². The predicted octanol–water partition coefficient (Wildman–Crippen LogP) is 3.76. The summed E-state index contributed by atoms with van der Waals surface area (Å²) in [7, 11) is 2.17. The van der Waals surface area contributed by atoms with Gasteiger partial charge >= 0.3 is 25.5 Å². The molecule has 0 aliphatic rings. The van der Waals surface area contributed by atoms with Gasteiger partial charge in [0.1, 0.15) is 24.7 Å². The smallest absolute Gasteiger partial charge is 0.328 e. The highest BCUT2D eigenvalue weighted by Crippen LogP contribution is 2.42. The Balaban J connectivity index is 4.53. The van der Waals surface area contributed by atoms with Crippen LogP contribution in [0, 0.1) is 10.8 Å². The summed E-state index contributed by atoms with van der Waals surface area (Å²) in [6, 6.07) is 0. The van der Waals surface area contributed by atoms with Crippen molar-refractivity contribution in [1.29, 1.82) is 0 Å². The van der Waals surface area contributed by atoms with E-state index in [2.05, 4.69) is 0 Å². The Hall–Kier alpha value is -1.19. The van der Waals surface area contributed by atoms with E-state index in [1.807, 2.05) is 28.1 Å². The number of alkyl halides is 1. The molecule has 0 radical (unpaired) electrons. The third-order valence-electron chi connectivity index (χ3n) is 5.62. The van der Waals surface area contributed by atoms with Gasteiger partial charge in [-0.2, -0.15) is 0 Å². The van der Waals surface area contributed by atoms with Crippen LogP contribution >= 0.6 is 19.2 Å². The van der Waals surface area contributed by atoms with Crippen LogP contribution in [0.15, 0.2) is 0 Å². The van der Waals surface area contributed by atoms with Crippen LogP contribution in [0.4, 0.5) is 0 Å². The molecule has 0 aromatic heterocycles. The molecule has 0 aromatic rings. The van der Waals surface area contributed by atoms with Crippen molar-refractivity contribution in [1.82, 2.24) is 0 Å². The van der Waals surface area contributed by atoms with E-state index in [-0.39, 0.29) is 45.0 Å². The summed E-state index contributed by atoms with van der Waals surface area (Å²) < 4.78 is 33.3. The number of hydrogen-bond donors (Lipinski definition) is 1. The van der Waals surface area contributed by atoms with Crippen molar-refractivity contribution in [2.24, 2.45) is 10.8 Å². The van der Waals surface area contributed by atoms with Crippen molar-refractivity contribution in [3.8, 4) is 0 Å². The van der Waals surface area contributed by atoms with E-state index in [0.717, 1.165) is 0 Å². The quantitative estimate of drug-likeness (QED) is 0.0709. The second kappa shape index (κ2) is 14.1. The number of ether oxygens (including phenoxy) is 3. The molecule has 0 aliphatic heterocycles. The molecular formula is C24H46ClNO9P+. The Morgan fingerprint density at radius 2 is 1.28 bits per heavy atom. The van der Waals surface area contributed by atoms with Gasteiger partial charge in [0.25, 0.3) is 0 Å². The van der Waals surface area contributed by atoms with E-state index >= 15 is 0 Å². The Bertz CT molecular complexity index is 791. The molecule has 12 heteroatoms. The van der Waals surface area contributed by atoms with Crippen LogP contribution in [0.25, 0.3) is 0 Å². The first-order chi connectivity index (χ1) is 16.2. The molecule has 0 aromatic carbocycles. The lowest BCUT2D eigenvalue weighted by molar-refractivity contribution is -0.870. The molecule has 2 atom stereocenters. The third kappa shape index (κ3) is 13.9. The number of carbonyl (C=O) groups is 3. The second-order valence-corrected chi connectivity index (χ2v) is 14.3. The maximum Gasteiger partial charge on any atom is 0.328 e. The zero-order valence-electron chi connectivity index (χ0n) is 23.3. The summed E-state index contributed by atoms with van der Waals surface area (Å²) in [5.74, 6) is -1.77. The van der Waals surface area contributed by atoms with Crippen molar-refractivity contribution in [2.45, 2.75) is 65.7 Å². The number of rotatable bonds is 17. The third-order valence-corrected chi connectivity index (χ3v) is 7.37. The first-order valence-corrected chi connectivity index (χ1v) is 14.3. The van der Waals surface area contributed by atoms with Gasteiger partial charge < -0.3 is 28.1 Å². The first kappa shape index (κ1) is 34.8. The fourth-order valence-electron chi connectivity index (χ4n) is 3.05. The van der Waals surface area contributed by atoms with Crippen LogP contribution < -0.4 is 0 Å². The minimum atomic E-state index is -3.78. The number of quaternary nitrogens is 1. The Morgan fingerprint density at radius 3 is 1.75 bits per heavy atom. The van der Waals surface area contributed by atoms with Crippen molar-refractivity contribution in [2.75, 3.05) is 60.3 Å². The normalized spacial score (nSPS) is 16.0. The van der Waals surface area contributed by atoms with Crippen molar-refractivity contribution >= 4 is 37.1 Å². The number of esters is 3. The van der Waals surface area contributed by atoms with Gasteiger partial charge in [0.2, 0.25) is 0 Å². The molecule has 10 nitrogen and oxygen atoms in total. The fraction of sp³-hybridized carbons (Fsp3) is 0.875. The SMILES string of the molecule is CCC(C)(C)C(=O)OCCOC(=O)C(C)(C)CC(C)(Cl)C(=O)OCCOP(=O)(O)CCC[N+](C)(C)C. The second-order valence-electron chi connectivity index (χ2n) is 11.5. The molecule has 0 saturated carbocycles. The number of halogens is 1. The molecule has 0 amide bonds. The fourth-order valence-corrected chi connectivity index (χ4v) is 4.47. The highest BCUT2D eigenvalue weighted by atomic mass is 35.5. The molecule has 2 unspecified atom stereocenters. The molecule has 0 heterocycles. The average Bonchev–Trinajstić information content (AvgIpc) is 2.71. The van der Waals surface area contributed by atoms with Crippen molar-refractivity contribution in [3.63, 3.8) is 0 Å².